The molecule has 2 N–H and O–H groups in total. The Labute approximate surface area is 204 Å². The number of rotatable bonds is 8. The maximum absolute atomic E-state index is 13.7. The van der Waals surface area contributed by atoms with Gasteiger partial charge in [-0.05, 0) is 62.6 Å². The average molecular weight is 478 g/mol. The second-order valence-corrected chi connectivity index (χ2v) is 8.90. The first-order chi connectivity index (χ1) is 16.9. The van der Waals surface area contributed by atoms with Crippen LogP contribution in [-0.2, 0) is 9.59 Å². The summed E-state index contributed by atoms with van der Waals surface area (Å²) in [6.07, 6.45) is 6.50. The van der Waals surface area contributed by atoms with E-state index in [1.807, 2.05) is 25.1 Å². The van der Waals surface area contributed by atoms with Crippen LogP contribution in [0.3, 0.4) is 0 Å². The van der Waals surface area contributed by atoms with Gasteiger partial charge < -0.3 is 19.5 Å². The third-order valence-electron chi connectivity index (χ3n) is 6.28. The molecule has 0 radical (unpaired) electrons. The molecule has 8 nitrogen and oxygen atoms in total. The number of benzene rings is 1. The van der Waals surface area contributed by atoms with Crippen molar-refractivity contribution in [3.05, 3.63) is 77.6 Å². The van der Waals surface area contributed by atoms with Gasteiger partial charge in [0.25, 0.3) is 11.8 Å². The normalized spacial score (nSPS) is 14.8. The number of carbonyl (C=O) groups is 3. The molecule has 35 heavy (non-hydrogen) atoms. The Morgan fingerprint density at radius 1 is 1.00 bits per heavy atom. The fraction of sp³-hybridized carbons (Fsp3) is 0.370. The average Bonchev–Trinajstić information content (AvgIpc) is 3.54. The van der Waals surface area contributed by atoms with Crippen LogP contribution < -0.4 is 15.5 Å². The van der Waals surface area contributed by atoms with Crippen molar-refractivity contribution in [3.63, 3.8) is 0 Å². The summed E-state index contributed by atoms with van der Waals surface area (Å²) in [5, 5.41) is 5.74. The van der Waals surface area contributed by atoms with Crippen molar-refractivity contribution in [1.82, 2.24) is 10.6 Å². The molecule has 1 atom stereocenters. The molecule has 2 aromatic heterocycles. The molecule has 8 heteroatoms. The molecule has 1 aliphatic carbocycles. The maximum atomic E-state index is 13.7. The Morgan fingerprint density at radius 2 is 1.77 bits per heavy atom. The predicted molar refractivity (Wildman–Crippen MR) is 131 cm³/mol. The van der Waals surface area contributed by atoms with Crippen molar-refractivity contribution in [2.24, 2.45) is 0 Å². The van der Waals surface area contributed by atoms with Gasteiger partial charge in [-0.25, -0.2) is 0 Å². The topological polar surface area (TPSA) is 105 Å². The van der Waals surface area contributed by atoms with Crippen LogP contribution in [0.5, 0.6) is 0 Å². The van der Waals surface area contributed by atoms with E-state index in [2.05, 4.69) is 10.6 Å². The molecule has 0 aliphatic heterocycles. The molecule has 2 heterocycles. The van der Waals surface area contributed by atoms with Crippen molar-refractivity contribution in [1.29, 1.82) is 0 Å². The van der Waals surface area contributed by atoms with Crippen molar-refractivity contribution in [2.45, 2.75) is 58.0 Å². The van der Waals surface area contributed by atoms with Gasteiger partial charge in [0.2, 0.25) is 5.91 Å². The fourth-order valence-corrected chi connectivity index (χ4v) is 4.49. The molecule has 0 bridgehead atoms. The summed E-state index contributed by atoms with van der Waals surface area (Å²) in [6.45, 7) is 3.35. The Hall–Kier alpha value is -3.81. The SMILES string of the molecule is Cc1ccc(C(C(=O)NC2CCCCC2)N(C(=O)CNC(=O)c2ccco2)c2ccccc2C)o1. The van der Waals surface area contributed by atoms with Crippen LogP contribution in [0.2, 0.25) is 0 Å². The number of aryl methyl sites for hydroxylation is 2. The van der Waals surface area contributed by atoms with E-state index in [4.69, 9.17) is 8.83 Å². The Balaban J connectivity index is 1.66. The standard InChI is InChI=1S/C27H31N3O5/c1-18-9-6-7-12-21(18)30(24(31)17-28-26(32)23-13-8-16-34-23)25(22-15-14-19(2)35-22)27(33)29-20-10-4-3-5-11-20/h6-9,12-16,20,25H,3-5,10-11,17H2,1-2H3,(H,28,32)(H,29,33). The van der Waals surface area contributed by atoms with Gasteiger partial charge in [-0.1, -0.05) is 37.5 Å². The van der Waals surface area contributed by atoms with Crippen LogP contribution in [-0.4, -0.2) is 30.3 Å². The van der Waals surface area contributed by atoms with Crippen molar-refractivity contribution in [2.75, 3.05) is 11.4 Å². The molecular weight excluding hydrogens is 446 g/mol. The zero-order valence-electron chi connectivity index (χ0n) is 20.1. The summed E-state index contributed by atoms with van der Waals surface area (Å²) in [7, 11) is 0. The Kier molecular flexibility index (Phi) is 7.70. The van der Waals surface area contributed by atoms with E-state index in [0.717, 1.165) is 37.7 Å². The predicted octanol–water partition coefficient (Wildman–Crippen LogP) is 4.44. The van der Waals surface area contributed by atoms with Crippen LogP contribution >= 0.6 is 0 Å². The first-order valence-electron chi connectivity index (χ1n) is 12.0. The first kappa shape index (κ1) is 24.3. The van der Waals surface area contributed by atoms with Gasteiger partial charge >= 0.3 is 0 Å². The van der Waals surface area contributed by atoms with Crippen LogP contribution in [0.1, 0.15) is 65.8 Å². The quantitative estimate of drug-likeness (QED) is 0.499. The Bertz CT molecular complexity index is 1160. The van der Waals surface area contributed by atoms with E-state index in [-0.39, 0.29) is 24.3 Å². The van der Waals surface area contributed by atoms with E-state index < -0.39 is 17.9 Å². The molecular formula is C27H31N3O5. The zero-order chi connectivity index (χ0) is 24.8. The summed E-state index contributed by atoms with van der Waals surface area (Å²) in [5.74, 6) is -0.153. The van der Waals surface area contributed by atoms with Crippen LogP contribution in [0.25, 0.3) is 0 Å². The van der Waals surface area contributed by atoms with Gasteiger partial charge in [0.1, 0.15) is 11.5 Å². The number of furan rings is 2. The van der Waals surface area contributed by atoms with E-state index in [9.17, 15) is 14.4 Å². The number of hydrogen-bond donors (Lipinski definition) is 2. The molecule has 1 aliphatic rings. The third-order valence-corrected chi connectivity index (χ3v) is 6.28. The number of nitrogens with one attached hydrogen (secondary N) is 2. The summed E-state index contributed by atoms with van der Waals surface area (Å²) < 4.78 is 11.0. The van der Waals surface area contributed by atoms with E-state index in [1.165, 1.54) is 17.2 Å². The highest BCUT2D eigenvalue weighted by atomic mass is 16.3. The summed E-state index contributed by atoms with van der Waals surface area (Å²) >= 11 is 0. The summed E-state index contributed by atoms with van der Waals surface area (Å²) in [4.78, 5) is 41.2. The summed E-state index contributed by atoms with van der Waals surface area (Å²) in [5.41, 5.74) is 1.39. The largest absolute Gasteiger partial charge is 0.464 e. The monoisotopic (exact) mass is 477 g/mol. The fourth-order valence-electron chi connectivity index (χ4n) is 4.49. The number of nitrogens with zero attached hydrogens (tertiary/aromatic N) is 1. The summed E-state index contributed by atoms with van der Waals surface area (Å²) in [6, 6.07) is 13.0. The Morgan fingerprint density at radius 3 is 2.43 bits per heavy atom. The van der Waals surface area contributed by atoms with Gasteiger partial charge in [0, 0.05) is 11.7 Å². The van der Waals surface area contributed by atoms with Crippen molar-refractivity contribution >= 4 is 23.4 Å². The highest BCUT2D eigenvalue weighted by Crippen LogP contribution is 2.32. The molecule has 1 aromatic carbocycles. The highest BCUT2D eigenvalue weighted by molar-refractivity contribution is 6.04. The lowest BCUT2D eigenvalue weighted by molar-refractivity contribution is -0.127. The van der Waals surface area contributed by atoms with E-state index in [0.29, 0.717) is 17.2 Å². The van der Waals surface area contributed by atoms with Crippen LogP contribution in [0, 0.1) is 13.8 Å². The molecule has 0 saturated heterocycles. The first-order valence-corrected chi connectivity index (χ1v) is 12.0. The lowest BCUT2D eigenvalue weighted by atomic mass is 9.95. The van der Waals surface area contributed by atoms with E-state index in [1.54, 1.807) is 31.2 Å². The van der Waals surface area contributed by atoms with Gasteiger partial charge in [-0.2, -0.15) is 0 Å². The van der Waals surface area contributed by atoms with Gasteiger partial charge in [-0.3, -0.25) is 19.3 Å². The number of amides is 3. The van der Waals surface area contributed by atoms with Gasteiger partial charge in [0.05, 0.1) is 12.8 Å². The van der Waals surface area contributed by atoms with Crippen molar-refractivity contribution in [3.8, 4) is 0 Å². The molecule has 1 saturated carbocycles. The highest BCUT2D eigenvalue weighted by Gasteiger charge is 2.36. The van der Waals surface area contributed by atoms with Gasteiger partial charge in [0.15, 0.2) is 11.8 Å². The zero-order valence-corrected chi connectivity index (χ0v) is 20.1. The maximum Gasteiger partial charge on any atom is 0.287 e. The molecule has 3 amide bonds. The number of carbonyl (C=O) groups excluding carboxylic acids is 3. The molecule has 184 valence electrons. The molecule has 1 unspecified atom stereocenters. The number of para-hydroxylation sites is 1. The van der Waals surface area contributed by atoms with Crippen LogP contribution in [0.4, 0.5) is 5.69 Å². The van der Waals surface area contributed by atoms with E-state index >= 15 is 0 Å². The van der Waals surface area contributed by atoms with Crippen molar-refractivity contribution < 1.29 is 23.2 Å². The minimum absolute atomic E-state index is 0.0577. The molecule has 4 rings (SSSR count). The minimum atomic E-state index is -1.03. The number of anilines is 1. The minimum Gasteiger partial charge on any atom is -0.464 e. The second kappa shape index (κ2) is 11.1. The molecule has 3 aromatic rings. The smallest absolute Gasteiger partial charge is 0.287 e. The lowest BCUT2D eigenvalue weighted by Crippen LogP contribution is -2.49. The van der Waals surface area contributed by atoms with Gasteiger partial charge in [-0.15, -0.1) is 0 Å². The second-order valence-electron chi connectivity index (χ2n) is 8.90. The lowest BCUT2D eigenvalue weighted by Gasteiger charge is -2.33. The van der Waals surface area contributed by atoms with Crippen LogP contribution in [0.15, 0.2) is 63.6 Å². The molecule has 1 fully saturated rings. The molecule has 0 spiro atoms. The number of hydrogen-bond acceptors (Lipinski definition) is 5. The third kappa shape index (κ3) is 5.82.